The highest BCUT2D eigenvalue weighted by Gasteiger charge is 2.24. The van der Waals surface area contributed by atoms with E-state index in [1.807, 2.05) is 18.7 Å². The Morgan fingerprint density at radius 2 is 2.14 bits per heavy atom. The number of rotatable bonds is 2. The minimum atomic E-state index is -0.244. The first kappa shape index (κ1) is 11.3. The predicted octanol–water partition coefficient (Wildman–Crippen LogP) is 0.809. The summed E-state index contributed by atoms with van der Waals surface area (Å²) in [6.07, 6.45) is 1.58. The molecule has 0 aromatic carbocycles. The van der Waals surface area contributed by atoms with Gasteiger partial charge in [0.05, 0.1) is 6.10 Å². The molecule has 1 unspecified atom stereocenters. The number of aliphatic hydroxyl groups excluding tert-OH is 1. The van der Waals surface area contributed by atoms with E-state index in [-0.39, 0.29) is 12.1 Å². The Labute approximate surface area is 85.3 Å². The van der Waals surface area contributed by atoms with Gasteiger partial charge in [-0.05, 0) is 32.6 Å². The van der Waals surface area contributed by atoms with E-state index in [1.165, 1.54) is 0 Å². The molecule has 1 fully saturated rings. The summed E-state index contributed by atoms with van der Waals surface area (Å²) in [5.41, 5.74) is 0. The average molecular weight is 200 g/mol. The summed E-state index contributed by atoms with van der Waals surface area (Å²) in [6.45, 7) is 5.95. The van der Waals surface area contributed by atoms with Crippen molar-refractivity contribution in [1.82, 2.24) is 10.2 Å². The first-order chi connectivity index (χ1) is 6.65. The first-order valence-electron chi connectivity index (χ1n) is 5.36. The van der Waals surface area contributed by atoms with Crippen LogP contribution in [-0.4, -0.2) is 41.8 Å². The summed E-state index contributed by atoms with van der Waals surface area (Å²) in [7, 11) is 0. The number of aliphatic hydroxyl groups is 1. The van der Waals surface area contributed by atoms with Crippen LogP contribution in [0.5, 0.6) is 0 Å². The Morgan fingerprint density at radius 3 is 2.57 bits per heavy atom. The van der Waals surface area contributed by atoms with E-state index >= 15 is 0 Å². The normalized spacial score (nSPS) is 20.6. The van der Waals surface area contributed by atoms with Gasteiger partial charge in [-0.3, -0.25) is 0 Å². The van der Waals surface area contributed by atoms with E-state index in [1.54, 1.807) is 0 Å². The lowest BCUT2D eigenvalue weighted by molar-refractivity contribution is 0.0799. The van der Waals surface area contributed by atoms with Gasteiger partial charge in [0.25, 0.3) is 0 Å². The molecule has 14 heavy (non-hydrogen) atoms. The lowest BCUT2D eigenvalue weighted by atomic mass is 9.92. The first-order valence-corrected chi connectivity index (χ1v) is 5.36. The van der Waals surface area contributed by atoms with Gasteiger partial charge >= 0.3 is 6.03 Å². The second-order valence-electron chi connectivity index (χ2n) is 3.90. The van der Waals surface area contributed by atoms with E-state index in [0.29, 0.717) is 12.5 Å². The SMILES string of the molecule is CCNC(=O)N1CCC(C(C)O)CC1. The molecule has 4 nitrogen and oxygen atoms in total. The fourth-order valence-electron chi connectivity index (χ4n) is 1.85. The third kappa shape index (κ3) is 2.87. The molecule has 1 heterocycles. The highest BCUT2D eigenvalue weighted by atomic mass is 16.3. The van der Waals surface area contributed by atoms with E-state index in [9.17, 15) is 9.90 Å². The molecule has 2 amide bonds. The van der Waals surface area contributed by atoms with Gasteiger partial charge in [-0.1, -0.05) is 0 Å². The highest BCUT2D eigenvalue weighted by Crippen LogP contribution is 2.20. The Bertz CT molecular complexity index is 187. The lowest BCUT2D eigenvalue weighted by Crippen LogP contribution is -2.45. The van der Waals surface area contributed by atoms with Crippen molar-refractivity contribution in [2.75, 3.05) is 19.6 Å². The monoisotopic (exact) mass is 200 g/mol. The van der Waals surface area contributed by atoms with Crippen LogP contribution in [0.15, 0.2) is 0 Å². The maximum Gasteiger partial charge on any atom is 0.317 e. The summed E-state index contributed by atoms with van der Waals surface area (Å²) in [6, 6.07) is 0.0246. The predicted molar refractivity (Wildman–Crippen MR) is 55.1 cm³/mol. The standard InChI is InChI=1S/C10H20N2O2/c1-3-11-10(14)12-6-4-9(5-7-12)8(2)13/h8-9,13H,3-7H2,1-2H3,(H,11,14). The van der Waals surface area contributed by atoms with Crippen LogP contribution in [0.2, 0.25) is 0 Å². The van der Waals surface area contributed by atoms with Crippen LogP contribution in [0.4, 0.5) is 4.79 Å². The van der Waals surface area contributed by atoms with E-state index in [2.05, 4.69) is 5.32 Å². The van der Waals surface area contributed by atoms with Crippen LogP contribution in [0.25, 0.3) is 0 Å². The zero-order valence-electron chi connectivity index (χ0n) is 8.99. The number of piperidine rings is 1. The molecule has 0 saturated carbocycles. The smallest absolute Gasteiger partial charge is 0.317 e. The maximum atomic E-state index is 11.4. The van der Waals surface area contributed by atoms with Crippen molar-refractivity contribution in [3.8, 4) is 0 Å². The van der Waals surface area contributed by atoms with Crippen LogP contribution < -0.4 is 5.32 Å². The molecule has 0 spiro atoms. The van der Waals surface area contributed by atoms with Gasteiger partial charge < -0.3 is 15.3 Å². The molecular formula is C10H20N2O2. The third-order valence-corrected chi connectivity index (χ3v) is 2.84. The van der Waals surface area contributed by atoms with Crippen molar-refractivity contribution in [2.24, 2.45) is 5.92 Å². The minimum absolute atomic E-state index is 0.0246. The molecule has 0 aromatic heterocycles. The second kappa shape index (κ2) is 5.20. The fourth-order valence-corrected chi connectivity index (χ4v) is 1.85. The molecule has 1 aliphatic rings. The van der Waals surface area contributed by atoms with Crippen molar-refractivity contribution in [2.45, 2.75) is 32.8 Å². The number of hydrogen-bond acceptors (Lipinski definition) is 2. The molecule has 1 aliphatic heterocycles. The van der Waals surface area contributed by atoms with Crippen molar-refractivity contribution in [1.29, 1.82) is 0 Å². The Balaban J connectivity index is 2.31. The van der Waals surface area contributed by atoms with Crippen molar-refractivity contribution in [3.63, 3.8) is 0 Å². The van der Waals surface area contributed by atoms with Gasteiger partial charge in [-0.25, -0.2) is 4.79 Å². The van der Waals surface area contributed by atoms with Crippen LogP contribution in [0, 0.1) is 5.92 Å². The van der Waals surface area contributed by atoms with Crippen LogP contribution in [0.1, 0.15) is 26.7 Å². The molecule has 1 rings (SSSR count). The average Bonchev–Trinajstić information content (AvgIpc) is 2.18. The molecule has 0 bridgehead atoms. The molecular weight excluding hydrogens is 180 g/mol. The number of hydrogen-bond donors (Lipinski definition) is 2. The number of amides is 2. The number of likely N-dealkylation sites (tertiary alicyclic amines) is 1. The van der Waals surface area contributed by atoms with Gasteiger partial charge in [-0.15, -0.1) is 0 Å². The summed E-state index contributed by atoms with van der Waals surface area (Å²) >= 11 is 0. The second-order valence-corrected chi connectivity index (χ2v) is 3.90. The highest BCUT2D eigenvalue weighted by molar-refractivity contribution is 5.74. The van der Waals surface area contributed by atoms with Gasteiger partial charge in [0.1, 0.15) is 0 Å². The summed E-state index contributed by atoms with van der Waals surface area (Å²) < 4.78 is 0. The molecule has 4 heteroatoms. The topological polar surface area (TPSA) is 52.6 Å². The third-order valence-electron chi connectivity index (χ3n) is 2.84. The number of nitrogens with one attached hydrogen (secondary N) is 1. The maximum absolute atomic E-state index is 11.4. The molecule has 0 aromatic rings. The number of carbonyl (C=O) groups is 1. The van der Waals surface area contributed by atoms with Crippen LogP contribution in [-0.2, 0) is 0 Å². The Kier molecular flexibility index (Phi) is 4.20. The van der Waals surface area contributed by atoms with Gasteiger partial charge in [0.15, 0.2) is 0 Å². The number of nitrogens with zero attached hydrogens (tertiary/aromatic N) is 1. The minimum Gasteiger partial charge on any atom is -0.393 e. The van der Waals surface area contributed by atoms with Crippen molar-refractivity contribution in [3.05, 3.63) is 0 Å². The van der Waals surface area contributed by atoms with Crippen molar-refractivity contribution >= 4 is 6.03 Å². The summed E-state index contributed by atoms with van der Waals surface area (Å²) in [4.78, 5) is 13.2. The number of carbonyl (C=O) groups excluding carboxylic acids is 1. The molecule has 0 radical (unpaired) electrons. The van der Waals surface area contributed by atoms with Crippen LogP contribution in [0.3, 0.4) is 0 Å². The summed E-state index contributed by atoms with van der Waals surface area (Å²) in [5, 5.41) is 12.2. The number of urea groups is 1. The van der Waals surface area contributed by atoms with E-state index < -0.39 is 0 Å². The van der Waals surface area contributed by atoms with E-state index in [4.69, 9.17) is 0 Å². The van der Waals surface area contributed by atoms with Crippen molar-refractivity contribution < 1.29 is 9.90 Å². The lowest BCUT2D eigenvalue weighted by Gasteiger charge is -2.33. The van der Waals surface area contributed by atoms with Gasteiger partial charge in [0, 0.05) is 19.6 Å². The van der Waals surface area contributed by atoms with Crippen LogP contribution >= 0.6 is 0 Å². The molecule has 0 aliphatic carbocycles. The van der Waals surface area contributed by atoms with Gasteiger partial charge in [-0.2, -0.15) is 0 Å². The largest absolute Gasteiger partial charge is 0.393 e. The van der Waals surface area contributed by atoms with Gasteiger partial charge in [0.2, 0.25) is 0 Å². The molecule has 1 atom stereocenters. The van der Waals surface area contributed by atoms with E-state index in [0.717, 1.165) is 25.9 Å². The zero-order chi connectivity index (χ0) is 10.6. The Morgan fingerprint density at radius 1 is 1.57 bits per heavy atom. The fraction of sp³-hybridized carbons (Fsp3) is 0.900. The zero-order valence-corrected chi connectivity index (χ0v) is 8.99. The molecule has 1 saturated heterocycles. The quantitative estimate of drug-likeness (QED) is 0.693. The Hall–Kier alpha value is -0.770. The summed E-state index contributed by atoms with van der Waals surface area (Å²) in [5.74, 6) is 0.362. The molecule has 2 N–H and O–H groups in total. The molecule has 82 valence electrons.